The van der Waals surface area contributed by atoms with Crippen molar-refractivity contribution in [3.8, 4) is 34.0 Å². The van der Waals surface area contributed by atoms with E-state index in [2.05, 4.69) is 148 Å². The first-order valence-corrected chi connectivity index (χ1v) is 16.1. The van der Waals surface area contributed by atoms with Crippen molar-refractivity contribution < 1.29 is 0 Å². The van der Waals surface area contributed by atoms with Gasteiger partial charge in [-0.1, -0.05) is 84.9 Å². The normalized spacial score (nSPS) is 11.8. The SMILES string of the molecule is c1ccc(-c2ccc(-c3cc(-n4c5ccccc5c5ccccc54)nc4ccc(-n5c6ccccc6c6ccccc65)cc34)cn2)nc1. The fraction of sp³-hybridized carbons (Fsp3) is 0. The number of benzene rings is 5. The molecule has 10 aromatic rings. The minimum absolute atomic E-state index is 0.839. The van der Waals surface area contributed by atoms with Crippen LogP contribution in [0.25, 0.3) is 88.5 Å². The highest BCUT2D eigenvalue weighted by atomic mass is 15.1. The predicted octanol–water partition coefficient (Wildman–Crippen LogP) is 10.6. The van der Waals surface area contributed by atoms with E-state index in [4.69, 9.17) is 9.97 Å². The molecule has 5 heteroatoms. The Morgan fingerprint density at radius 1 is 0.417 bits per heavy atom. The van der Waals surface area contributed by atoms with Crippen molar-refractivity contribution >= 4 is 54.5 Å². The molecule has 0 N–H and O–H groups in total. The summed E-state index contributed by atoms with van der Waals surface area (Å²) in [5.74, 6) is 0.869. The largest absolute Gasteiger partial charge is 0.309 e. The minimum atomic E-state index is 0.839. The van der Waals surface area contributed by atoms with E-state index in [1.54, 1.807) is 6.20 Å². The number of para-hydroxylation sites is 4. The zero-order chi connectivity index (χ0) is 31.6. The average Bonchev–Trinajstić information content (AvgIpc) is 3.68. The van der Waals surface area contributed by atoms with Gasteiger partial charge in [-0.05, 0) is 72.3 Å². The van der Waals surface area contributed by atoms with Gasteiger partial charge in [-0.15, -0.1) is 0 Å². The summed E-state index contributed by atoms with van der Waals surface area (Å²) in [6.45, 7) is 0. The quantitative estimate of drug-likeness (QED) is 0.198. The van der Waals surface area contributed by atoms with Crippen LogP contribution in [0.2, 0.25) is 0 Å². The van der Waals surface area contributed by atoms with Crippen molar-refractivity contribution in [3.63, 3.8) is 0 Å². The smallest absolute Gasteiger partial charge is 0.138 e. The lowest BCUT2D eigenvalue weighted by molar-refractivity contribution is 1.10. The zero-order valence-corrected chi connectivity index (χ0v) is 25.8. The molecule has 0 saturated heterocycles. The Balaban J connectivity index is 1.25. The molecular weight excluding hydrogens is 587 g/mol. The second-order valence-electron chi connectivity index (χ2n) is 12.1. The third-order valence-corrected chi connectivity index (χ3v) is 9.43. The molecule has 0 fully saturated rings. The van der Waals surface area contributed by atoms with Crippen molar-refractivity contribution in [3.05, 3.63) is 164 Å². The highest BCUT2D eigenvalue weighted by molar-refractivity contribution is 6.11. The number of hydrogen-bond donors (Lipinski definition) is 0. The van der Waals surface area contributed by atoms with E-state index in [-0.39, 0.29) is 0 Å². The van der Waals surface area contributed by atoms with E-state index in [0.29, 0.717) is 0 Å². The summed E-state index contributed by atoms with van der Waals surface area (Å²) in [5.41, 5.74) is 10.4. The summed E-state index contributed by atoms with van der Waals surface area (Å²) in [4.78, 5) is 14.7. The first-order chi connectivity index (χ1) is 23.8. The molecule has 48 heavy (non-hydrogen) atoms. The van der Waals surface area contributed by atoms with Crippen LogP contribution in [-0.2, 0) is 0 Å². The van der Waals surface area contributed by atoms with E-state index >= 15 is 0 Å². The molecule has 10 rings (SSSR count). The number of aromatic nitrogens is 5. The van der Waals surface area contributed by atoms with E-state index in [1.165, 1.54) is 32.6 Å². The Hall–Kier alpha value is -6.59. The summed E-state index contributed by atoms with van der Waals surface area (Å²) >= 11 is 0. The fourth-order valence-electron chi connectivity index (χ4n) is 7.28. The molecular formula is C43H27N5. The highest BCUT2D eigenvalue weighted by Gasteiger charge is 2.18. The molecule has 5 nitrogen and oxygen atoms in total. The molecule has 0 radical (unpaired) electrons. The van der Waals surface area contributed by atoms with Crippen molar-refractivity contribution in [1.82, 2.24) is 24.1 Å². The Morgan fingerprint density at radius 2 is 0.979 bits per heavy atom. The van der Waals surface area contributed by atoms with Crippen LogP contribution in [0.15, 0.2) is 164 Å². The number of nitrogens with zero attached hydrogens (tertiary/aromatic N) is 5. The van der Waals surface area contributed by atoms with Crippen molar-refractivity contribution in [2.45, 2.75) is 0 Å². The molecule has 5 aromatic heterocycles. The third kappa shape index (κ3) is 4.01. The van der Waals surface area contributed by atoms with Gasteiger partial charge in [0.05, 0.1) is 39.0 Å². The van der Waals surface area contributed by atoms with Gasteiger partial charge in [-0.25, -0.2) is 4.98 Å². The van der Waals surface area contributed by atoms with E-state index < -0.39 is 0 Å². The van der Waals surface area contributed by atoms with Gasteiger partial charge in [0.1, 0.15) is 5.82 Å². The van der Waals surface area contributed by atoms with E-state index in [9.17, 15) is 0 Å². The maximum atomic E-state index is 5.34. The first-order valence-electron chi connectivity index (χ1n) is 16.1. The summed E-state index contributed by atoms with van der Waals surface area (Å²) in [6.07, 6.45) is 3.76. The van der Waals surface area contributed by atoms with Crippen molar-refractivity contribution in [2.24, 2.45) is 0 Å². The number of pyridine rings is 3. The summed E-state index contributed by atoms with van der Waals surface area (Å²) in [5, 5.41) is 5.95. The van der Waals surface area contributed by atoms with Crippen molar-refractivity contribution in [1.29, 1.82) is 0 Å². The summed E-state index contributed by atoms with van der Waals surface area (Å²) < 4.78 is 4.64. The van der Waals surface area contributed by atoms with Crippen LogP contribution in [0.3, 0.4) is 0 Å². The maximum absolute atomic E-state index is 5.34. The Bertz CT molecular complexity index is 2720. The molecule has 0 bridgehead atoms. The highest BCUT2D eigenvalue weighted by Crippen LogP contribution is 2.38. The average molecular weight is 614 g/mol. The Kier molecular flexibility index (Phi) is 5.81. The van der Waals surface area contributed by atoms with Crippen LogP contribution in [-0.4, -0.2) is 24.1 Å². The molecule has 0 aliphatic rings. The zero-order valence-electron chi connectivity index (χ0n) is 25.8. The molecule has 0 aliphatic carbocycles. The van der Waals surface area contributed by atoms with Gasteiger partial charge in [0.25, 0.3) is 0 Å². The van der Waals surface area contributed by atoms with Gasteiger partial charge in [0.15, 0.2) is 0 Å². The molecule has 0 aliphatic heterocycles. The van der Waals surface area contributed by atoms with Crippen LogP contribution in [0.5, 0.6) is 0 Å². The van der Waals surface area contributed by atoms with Gasteiger partial charge in [-0.2, -0.15) is 0 Å². The van der Waals surface area contributed by atoms with E-state index in [0.717, 1.165) is 56.0 Å². The van der Waals surface area contributed by atoms with Crippen LogP contribution in [0, 0.1) is 0 Å². The maximum Gasteiger partial charge on any atom is 0.138 e. The molecule has 0 amide bonds. The number of fused-ring (bicyclic) bond motifs is 7. The van der Waals surface area contributed by atoms with Gasteiger partial charge in [0, 0.05) is 50.6 Å². The Morgan fingerprint density at radius 3 is 1.54 bits per heavy atom. The second-order valence-corrected chi connectivity index (χ2v) is 12.1. The molecule has 0 saturated carbocycles. The van der Waals surface area contributed by atoms with Gasteiger partial charge < -0.3 is 4.57 Å². The van der Waals surface area contributed by atoms with Crippen molar-refractivity contribution in [2.75, 3.05) is 0 Å². The van der Waals surface area contributed by atoms with Gasteiger partial charge in [-0.3, -0.25) is 14.5 Å². The molecule has 5 heterocycles. The second kappa shape index (κ2) is 10.5. The fourth-order valence-corrected chi connectivity index (χ4v) is 7.28. The predicted molar refractivity (Wildman–Crippen MR) is 197 cm³/mol. The topological polar surface area (TPSA) is 48.5 Å². The van der Waals surface area contributed by atoms with Crippen LogP contribution in [0.1, 0.15) is 0 Å². The van der Waals surface area contributed by atoms with Crippen LogP contribution >= 0.6 is 0 Å². The minimum Gasteiger partial charge on any atom is -0.309 e. The summed E-state index contributed by atoms with van der Waals surface area (Å²) in [7, 11) is 0. The molecule has 5 aromatic carbocycles. The number of hydrogen-bond acceptors (Lipinski definition) is 3. The lowest BCUT2D eigenvalue weighted by Gasteiger charge is -2.15. The summed E-state index contributed by atoms with van der Waals surface area (Å²) in [6, 6.07) is 53.3. The van der Waals surface area contributed by atoms with E-state index in [1.807, 2.05) is 24.4 Å². The molecule has 0 atom stereocenters. The number of rotatable bonds is 4. The lowest BCUT2D eigenvalue weighted by atomic mass is 10.0. The molecule has 0 spiro atoms. The van der Waals surface area contributed by atoms with Gasteiger partial charge in [0.2, 0.25) is 0 Å². The molecule has 0 unspecified atom stereocenters. The van der Waals surface area contributed by atoms with Crippen LogP contribution < -0.4 is 0 Å². The van der Waals surface area contributed by atoms with Gasteiger partial charge >= 0.3 is 0 Å². The van der Waals surface area contributed by atoms with Crippen LogP contribution in [0.4, 0.5) is 0 Å². The Labute approximate surface area is 276 Å². The lowest BCUT2D eigenvalue weighted by Crippen LogP contribution is -2.01. The monoisotopic (exact) mass is 613 g/mol. The third-order valence-electron chi connectivity index (χ3n) is 9.43. The molecule has 224 valence electrons. The standard InChI is InChI=1S/C43H27N5/c1-5-16-39-30(11-1)31-12-2-6-17-40(31)47(39)29-21-23-36-35(25-29)34(28-20-22-38(45-27-28)37-15-9-10-24-44-37)26-43(46-36)48-41-18-7-3-13-32(41)33-14-4-8-19-42(33)48/h1-27H. The first kappa shape index (κ1) is 26.6.